The molecule has 2 aliphatic rings. The SMILES string of the molecule is CC[C@@H]1CCCCN1C(=O)CN1CCC[C@@H]1C(=O)Nc1ccc(OC)cc1. The molecule has 6 nitrogen and oxygen atoms in total. The zero-order valence-corrected chi connectivity index (χ0v) is 16.4. The van der Waals surface area contributed by atoms with Crippen molar-refractivity contribution in [1.82, 2.24) is 9.80 Å². The van der Waals surface area contributed by atoms with Crippen LogP contribution in [-0.4, -0.2) is 60.4 Å². The molecule has 1 aromatic rings. The third-order valence-electron chi connectivity index (χ3n) is 5.78. The van der Waals surface area contributed by atoms with Crippen LogP contribution in [-0.2, 0) is 9.59 Å². The van der Waals surface area contributed by atoms with Crippen molar-refractivity contribution in [3.05, 3.63) is 24.3 Å². The van der Waals surface area contributed by atoms with Crippen molar-refractivity contribution < 1.29 is 14.3 Å². The van der Waals surface area contributed by atoms with E-state index in [0.29, 0.717) is 12.6 Å². The summed E-state index contributed by atoms with van der Waals surface area (Å²) in [6.07, 6.45) is 6.15. The van der Waals surface area contributed by atoms with E-state index in [4.69, 9.17) is 4.74 Å². The molecule has 0 saturated carbocycles. The highest BCUT2D eigenvalue weighted by Gasteiger charge is 2.34. The van der Waals surface area contributed by atoms with Crippen molar-refractivity contribution in [2.45, 2.75) is 57.5 Å². The highest BCUT2D eigenvalue weighted by atomic mass is 16.5. The van der Waals surface area contributed by atoms with E-state index in [9.17, 15) is 9.59 Å². The second kappa shape index (κ2) is 9.22. The molecule has 3 rings (SSSR count). The van der Waals surface area contributed by atoms with Crippen molar-refractivity contribution in [2.75, 3.05) is 32.1 Å². The number of carbonyl (C=O) groups is 2. The summed E-state index contributed by atoms with van der Waals surface area (Å²) < 4.78 is 5.15. The molecule has 0 bridgehead atoms. The predicted octanol–water partition coefficient (Wildman–Crippen LogP) is 2.89. The molecule has 6 heteroatoms. The van der Waals surface area contributed by atoms with Gasteiger partial charge in [-0.15, -0.1) is 0 Å². The van der Waals surface area contributed by atoms with E-state index in [2.05, 4.69) is 12.2 Å². The van der Waals surface area contributed by atoms with Gasteiger partial charge in [0.15, 0.2) is 0 Å². The Labute approximate surface area is 161 Å². The summed E-state index contributed by atoms with van der Waals surface area (Å²) in [6.45, 7) is 4.15. The molecule has 2 amide bonds. The molecule has 0 spiro atoms. The fourth-order valence-electron chi connectivity index (χ4n) is 4.23. The number of nitrogens with one attached hydrogen (secondary N) is 1. The van der Waals surface area contributed by atoms with Gasteiger partial charge in [-0.05, 0) is 69.3 Å². The maximum atomic E-state index is 12.9. The quantitative estimate of drug-likeness (QED) is 0.833. The average Bonchev–Trinajstić information content (AvgIpc) is 3.16. The number of carbonyl (C=O) groups excluding carboxylic acids is 2. The van der Waals surface area contributed by atoms with Gasteiger partial charge in [0, 0.05) is 18.3 Å². The minimum atomic E-state index is -0.235. The van der Waals surface area contributed by atoms with Crippen LogP contribution in [0.3, 0.4) is 0 Å². The minimum Gasteiger partial charge on any atom is -0.497 e. The summed E-state index contributed by atoms with van der Waals surface area (Å²) in [5, 5.41) is 2.98. The molecule has 2 atom stereocenters. The lowest BCUT2D eigenvalue weighted by Gasteiger charge is -2.36. The lowest BCUT2D eigenvalue weighted by Crippen LogP contribution is -2.50. The Kier molecular flexibility index (Phi) is 6.72. The summed E-state index contributed by atoms with van der Waals surface area (Å²) in [7, 11) is 1.62. The maximum Gasteiger partial charge on any atom is 0.241 e. The van der Waals surface area contributed by atoms with Gasteiger partial charge >= 0.3 is 0 Å². The lowest BCUT2D eigenvalue weighted by atomic mass is 10.00. The Morgan fingerprint density at radius 2 is 1.89 bits per heavy atom. The van der Waals surface area contributed by atoms with Gasteiger partial charge in [0.05, 0.1) is 19.7 Å². The Balaban J connectivity index is 1.58. The summed E-state index contributed by atoms with van der Waals surface area (Å²) in [5.74, 6) is 0.898. The van der Waals surface area contributed by atoms with Gasteiger partial charge in [0.25, 0.3) is 0 Å². The molecule has 0 aliphatic carbocycles. The molecule has 2 fully saturated rings. The Hall–Kier alpha value is -2.08. The molecule has 2 saturated heterocycles. The van der Waals surface area contributed by atoms with Gasteiger partial charge in [0.2, 0.25) is 11.8 Å². The second-order valence-electron chi connectivity index (χ2n) is 7.49. The fourth-order valence-corrected chi connectivity index (χ4v) is 4.23. The zero-order valence-electron chi connectivity index (χ0n) is 16.4. The molecule has 148 valence electrons. The minimum absolute atomic E-state index is 0.0313. The first-order valence-corrected chi connectivity index (χ1v) is 10.1. The Morgan fingerprint density at radius 3 is 2.59 bits per heavy atom. The summed E-state index contributed by atoms with van der Waals surface area (Å²) in [4.78, 5) is 29.7. The maximum absolute atomic E-state index is 12.9. The molecule has 1 N–H and O–H groups in total. The number of likely N-dealkylation sites (tertiary alicyclic amines) is 2. The zero-order chi connectivity index (χ0) is 19.2. The van der Waals surface area contributed by atoms with Crippen molar-refractivity contribution >= 4 is 17.5 Å². The number of ether oxygens (including phenoxy) is 1. The summed E-state index contributed by atoms with van der Waals surface area (Å²) >= 11 is 0. The van der Waals surface area contributed by atoms with E-state index in [1.807, 2.05) is 34.1 Å². The van der Waals surface area contributed by atoms with Crippen LogP contribution < -0.4 is 10.1 Å². The first-order valence-electron chi connectivity index (χ1n) is 10.1. The van der Waals surface area contributed by atoms with Crippen LogP contribution in [0.25, 0.3) is 0 Å². The van der Waals surface area contributed by atoms with Crippen LogP contribution in [0.2, 0.25) is 0 Å². The summed E-state index contributed by atoms with van der Waals surface area (Å²) in [5.41, 5.74) is 0.751. The third-order valence-corrected chi connectivity index (χ3v) is 5.78. The number of benzene rings is 1. The molecule has 2 aliphatic heterocycles. The largest absolute Gasteiger partial charge is 0.497 e. The standard InChI is InChI=1S/C21H31N3O3/c1-3-17-7-4-5-14-24(17)20(25)15-23-13-6-8-19(23)21(26)22-16-9-11-18(27-2)12-10-16/h9-12,17,19H,3-8,13-15H2,1-2H3,(H,22,26)/t17-,19-/m1/s1. The Bertz CT molecular complexity index is 647. The van der Waals surface area contributed by atoms with Crippen LogP contribution in [0.4, 0.5) is 5.69 Å². The highest BCUT2D eigenvalue weighted by Crippen LogP contribution is 2.23. The predicted molar refractivity (Wildman–Crippen MR) is 106 cm³/mol. The average molecular weight is 373 g/mol. The molecule has 2 heterocycles. The normalized spacial score (nSPS) is 23.3. The number of piperidine rings is 1. The van der Waals surface area contributed by atoms with Crippen molar-refractivity contribution in [1.29, 1.82) is 0 Å². The van der Waals surface area contributed by atoms with Gasteiger partial charge in [-0.1, -0.05) is 6.92 Å². The lowest BCUT2D eigenvalue weighted by molar-refractivity contribution is -0.137. The first-order chi connectivity index (χ1) is 13.1. The second-order valence-corrected chi connectivity index (χ2v) is 7.49. The van der Waals surface area contributed by atoms with E-state index in [-0.39, 0.29) is 17.9 Å². The number of amides is 2. The monoisotopic (exact) mass is 373 g/mol. The summed E-state index contributed by atoms with van der Waals surface area (Å²) in [6, 6.07) is 7.45. The van der Waals surface area contributed by atoms with E-state index in [1.54, 1.807) is 7.11 Å². The van der Waals surface area contributed by atoms with Crippen LogP contribution in [0, 0.1) is 0 Å². The molecule has 0 aromatic heterocycles. The molecule has 0 unspecified atom stereocenters. The molecular formula is C21H31N3O3. The highest BCUT2D eigenvalue weighted by molar-refractivity contribution is 5.95. The topological polar surface area (TPSA) is 61.9 Å². The Morgan fingerprint density at radius 1 is 1.11 bits per heavy atom. The van der Waals surface area contributed by atoms with Gasteiger partial charge < -0.3 is 15.0 Å². The number of nitrogens with zero attached hydrogens (tertiary/aromatic N) is 2. The van der Waals surface area contributed by atoms with Crippen LogP contribution in [0.5, 0.6) is 5.75 Å². The van der Waals surface area contributed by atoms with E-state index < -0.39 is 0 Å². The first kappa shape index (κ1) is 19.7. The van der Waals surface area contributed by atoms with E-state index >= 15 is 0 Å². The number of anilines is 1. The fraction of sp³-hybridized carbons (Fsp3) is 0.619. The number of methoxy groups -OCH3 is 1. The van der Waals surface area contributed by atoms with Gasteiger partial charge in [0.1, 0.15) is 5.75 Å². The van der Waals surface area contributed by atoms with Crippen molar-refractivity contribution in [2.24, 2.45) is 0 Å². The molecule has 1 aromatic carbocycles. The van der Waals surface area contributed by atoms with Crippen LogP contribution in [0.1, 0.15) is 45.4 Å². The van der Waals surface area contributed by atoms with Gasteiger partial charge in [-0.3, -0.25) is 14.5 Å². The molecular weight excluding hydrogens is 342 g/mol. The van der Waals surface area contributed by atoms with Gasteiger partial charge in [-0.25, -0.2) is 0 Å². The number of rotatable bonds is 6. The van der Waals surface area contributed by atoms with E-state index in [1.165, 1.54) is 6.42 Å². The molecule has 27 heavy (non-hydrogen) atoms. The third kappa shape index (κ3) is 4.80. The van der Waals surface area contributed by atoms with E-state index in [0.717, 1.165) is 56.6 Å². The van der Waals surface area contributed by atoms with Crippen molar-refractivity contribution in [3.63, 3.8) is 0 Å². The van der Waals surface area contributed by atoms with Crippen LogP contribution in [0.15, 0.2) is 24.3 Å². The van der Waals surface area contributed by atoms with Crippen molar-refractivity contribution in [3.8, 4) is 5.75 Å². The van der Waals surface area contributed by atoms with Crippen LogP contribution >= 0.6 is 0 Å². The number of hydrogen-bond donors (Lipinski definition) is 1. The molecule has 0 radical (unpaired) electrons. The smallest absolute Gasteiger partial charge is 0.241 e. The number of hydrogen-bond acceptors (Lipinski definition) is 4. The van der Waals surface area contributed by atoms with Gasteiger partial charge in [-0.2, -0.15) is 0 Å².